The number of nitrogens with zero attached hydrogens (tertiary/aromatic N) is 1. The average Bonchev–Trinajstić information content (AvgIpc) is 3.10. The monoisotopic (exact) mass is 334 g/mol. The van der Waals surface area contributed by atoms with Gasteiger partial charge in [-0.05, 0) is 37.3 Å². The third-order valence-corrected chi connectivity index (χ3v) is 5.11. The molecule has 5 heteroatoms. The van der Waals surface area contributed by atoms with Gasteiger partial charge in [0.25, 0.3) is 0 Å². The van der Waals surface area contributed by atoms with Crippen molar-refractivity contribution in [2.75, 3.05) is 6.54 Å². The summed E-state index contributed by atoms with van der Waals surface area (Å²) in [6.07, 6.45) is 3.94. The zero-order valence-corrected chi connectivity index (χ0v) is 14.2. The molecule has 1 heterocycles. The first kappa shape index (κ1) is 16.3. The molecule has 2 aliphatic rings. The second-order valence-electron chi connectivity index (χ2n) is 6.47. The molecule has 1 aliphatic carbocycles. The fourth-order valence-electron chi connectivity index (χ4n) is 3.45. The second-order valence-corrected chi connectivity index (χ2v) is 6.88. The second kappa shape index (κ2) is 6.91. The summed E-state index contributed by atoms with van der Waals surface area (Å²) < 4.78 is 0. The number of carbonyl (C=O) groups excluding carboxylic acids is 2. The van der Waals surface area contributed by atoms with Crippen molar-refractivity contribution in [2.24, 2.45) is 0 Å². The molecule has 0 unspecified atom stereocenters. The molecule has 1 saturated carbocycles. The number of amides is 2. The lowest BCUT2D eigenvalue weighted by Gasteiger charge is -2.24. The molecule has 23 heavy (non-hydrogen) atoms. The van der Waals surface area contributed by atoms with E-state index in [1.807, 2.05) is 31.2 Å². The predicted octanol–water partition coefficient (Wildman–Crippen LogP) is 3.10. The zero-order chi connectivity index (χ0) is 16.4. The molecule has 0 radical (unpaired) electrons. The van der Waals surface area contributed by atoms with Gasteiger partial charge in [-0.25, -0.2) is 0 Å². The first-order chi connectivity index (χ1) is 11.1. The van der Waals surface area contributed by atoms with Crippen molar-refractivity contribution in [1.29, 1.82) is 0 Å². The maximum Gasteiger partial charge on any atom is 0.243 e. The van der Waals surface area contributed by atoms with Crippen LogP contribution in [0.1, 0.15) is 50.5 Å². The van der Waals surface area contributed by atoms with Crippen molar-refractivity contribution in [1.82, 2.24) is 10.2 Å². The highest BCUT2D eigenvalue weighted by atomic mass is 35.5. The molecule has 0 bridgehead atoms. The van der Waals surface area contributed by atoms with Gasteiger partial charge in [0, 0.05) is 29.9 Å². The molecule has 0 spiro atoms. The molecular weight excluding hydrogens is 312 g/mol. The number of hydrogen-bond acceptors (Lipinski definition) is 2. The Bertz CT molecular complexity index is 604. The van der Waals surface area contributed by atoms with E-state index >= 15 is 0 Å². The van der Waals surface area contributed by atoms with E-state index in [2.05, 4.69) is 5.32 Å². The highest BCUT2D eigenvalue weighted by Crippen LogP contribution is 2.43. The molecule has 1 aromatic rings. The predicted molar refractivity (Wildman–Crippen MR) is 90.4 cm³/mol. The van der Waals surface area contributed by atoms with E-state index in [0.29, 0.717) is 18.9 Å². The van der Waals surface area contributed by atoms with Gasteiger partial charge in [0.05, 0.1) is 0 Å². The number of hydrogen-bond donors (Lipinski definition) is 1. The van der Waals surface area contributed by atoms with Crippen LogP contribution >= 0.6 is 11.6 Å². The van der Waals surface area contributed by atoms with Crippen molar-refractivity contribution < 1.29 is 9.59 Å². The van der Waals surface area contributed by atoms with Gasteiger partial charge in [0.1, 0.15) is 6.04 Å². The van der Waals surface area contributed by atoms with E-state index in [4.69, 9.17) is 11.6 Å². The minimum absolute atomic E-state index is 0.00786. The van der Waals surface area contributed by atoms with Crippen LogP contribution in [0.4, 0.5) is 0 Å². The highest BCUT2D eigenvalue weighted by molar-refractivity contribution is 6.31. The minimum Gasteiger partial charge on any atom is -0.351 e. The Labute approximate surface area is 142 Å². The maximum absolute atomic E-state index is 12.5. The normalized spacial score (nSPS) is 26.2. The summed E-state index contributed by atoms with van der Waals surface area (Å²) in [5.41, 5.74) is 1.10. The summed E-state index contributed by atoms with van der Waals surface area (Å²) in [5, 5.41) is 3.87. The van der Waals surface area contributed by atoms with Gasteiger partial charge in [-0.2, -0.15) is 0 Å². The molecule has 3 atom stereocenters. The van der Waals surface area contributed by atoms with E-state index in [1.54, 1.807) is 4.90 Å². The highest BCUT2D eigenvalue weighted by Gasteiger charge is 2.43. The number of carbonyl (C=O) groups is 2. The molecule has 124 valence electrons. The van der Waals surface area contributed by atoms with Crippen LogP contribution in [-0.4, -0.2) is 35.3 Å². The van der Waals surface area contributed by atoms with Crippen LogP contribution in [0, 0.1) is 0 Å². The molecule has 1 aliphatic heterocycles. The largest absolute Gasteiger partial charge is 0.351 e. The van der Waals surface area contributed by atoms with Crippen LogP contribution in [-0.2, 0) is 9.59 Å². The van der Waals surface area contributed by atoms with Crippen LogP contribution in [0.25, 0.3) is 0 Å². The third-order valence-electron chi connectivity index (χ3n) is 4.76. The number of rotatable bonds is 5. The molecule has 0 aromatic heterocycles. The number of halogens is 1. The molecule has 1 aromatic carbocycles. The summed E-state index contributed by atoms with van der Waals surface area (Å²) in [6, 6.07) is 7.65. The Morgan fingerprint density at radius 3 is 2.87 bits per heavy atom. The first-order valence-electron chi connectivity index (χ1n) is 8.46. The topological polar surface area (TPSA) is 49.4 Å². The molecule has 2 amide bonds. The van der Waals surface area contributed by atoms with Gasteiger partial charge < -0.3 is 10.2 Å². The van der Waals surface area contributed by atoms with Crippen molar-refractivity contribution in [3.63, 3.8) is 0 Å². The minimum atomic E-state index is -0.290. The lowest BCUT2D eigenvalue weighted by atomic mass is 10.1. The van der Waals surface area contributed by atoms with E-state index in [9.17, 15) is 9.59 Å². The Balaban J connectivity index is 1.58. The molecular formula is C18H23ClN2O2. The lowest BCUT2D eigenvalue weighted by Crippen LogP contribution is -2.46. The fourth-order valence-corrected chi connectivity index (χ4v) is 3.72. The van der Waals surface area contributed by atoms with Crippen LogP contribution in [0.3, 0.4) is 0 Å². The SMILES string of the molecule is CCCC(=O)N1CCC[C@@H]1C(=O)N[C@H]1C[C@@H]1c1ccccc1Cl. The van der Waals surface area contributed by atoms with Crippen molar-refractivity contribution >= 4 is 23.4 Å². The van der Waals surface area contributed by atoms with Gasteiger partial charge in [-0.3, -0.25) is 9.59 Å². The smallest absolute Gasteiger partial charge is 0.243 e. The van der Waals surface area contributed by atoms with E-state index < -0.39 is 0 Å². The summed E-state index contributed by atoms with van der Waals surface area (Å²) in [6.45, 7) is 2.69. The number of nitrogens with one attached hydrogen (secondary N) is 1. The maximum atomic E-state index is 12.5. The van der Waals surface area contributed by atoms with Gasteiger partial charge in [-0.15, -0.1) is 0 Å². The lowest BCUT2D eigenvalue weighted by molar-refractivity contribution is -0.138. The summed E-state index contributed by atoms with van der Waals surface area (Å²) in [4.78, 5) is 26.4. The molecule has 1 saturated heterocycles. The van der Waals surface area contributed by atoms with Gasteiger partial charge >= 0.3 is 0 Å². The molecule has 1 N–H and O–H groups in total. The van der Waals surface area contributed by atoms with Crippen LogP contribution in [0.5, 0.6) is 0 Å². The van der Waals surface area contributed by atoms with Crippen molar-refractivity contribution in [3.8, 4) is 0 Å². The van der Waals surface area contributed by atoms with Gasteiger partial charge in [0.2, 0.25) is 11.8 Å². The van der Waals surface area contributed by atoms with E-state index in [0.717, 1.165) is 36.3 Å². The van der Waals surface area contributed by atoms with Gasteiger partial charge in [0.15, 0.2) is 0 Å². The van der Waals surface area contributed by atoms with Crippen molar-refractivity contribution in [2.45, 2.75) is 57.0 Å². The molecule has 4 nitrogen and oxygen atoms in total. The Hall–Kier alpha value is -1.55. The Morgan fingerprint density at radius 1 is 1.35 bits per heavy atom. The first-order valence-corrected chi connectivity index (χ1v) is 8.84. The number of benzene rings is 1. The number of likely N-dealkylation sites (tertiary alicyclic amines) is 1. The summed E-state index contributed by atoms with van der Waals surface area (Å²) >= 11 is 6.22. The van der Waals surface area contributed by atoms with E-state index in [-0.39, 0.29) is 23.9 Å². The summed E-state index contributed by atoms with van der Waals surface area (Å²) in [5.74, 6) is 0.393. The Morgan fingerprint density at radius 2 is 2.13 bits per heavy atom. The third kappa shape index (κ3) is 3.52. The quantitative estimate of drug-likeness (QED) is 0.899. The van der Waals surface area contributed by atoms with Crippen molar-refractivity contribution in [3.05, 3.63) is 34.9 Å². The van der Waals surface area contributed by atoms with Crippen LogP contribution in [0.15, 0.2) is 24.3 Å². The van der Waals surface area contributed by atoms with Crippen LogP contribution in [0.2, 0.25) is 5.02 Å². The average molecular weight is 335 g/mol. The zero-order valence-electron chi connectivity index (χ0n) is 13.4. The fraction of sp³-hybridized carbons (Fsp3) is 0.556. The molecule has 2 fully saturated rings. The standard InChI is InChI=1S/C18H23ClN2O2/c1-2-6-17(22)21-10-5-9-16(21)18(23)20-15-11-13(15)12-7-3-4-8-14(12)19/h3-4,7-8,13,15-16H,2,5-6,9-11H2,1H3,(H,20,23)/t13-,15+,16-/m1/s1. The Kier molecular flexibility index (Phi) is 4.90. The van der Waals surface area contributed by atoms with E-state index in [1.165, 1.54) is 0 Å². The summed E-state index contributed by atoms with van der Waals surface area (Å²) in [7, 11) is 0. The molecule has 3 rings (SSSR count). The van der Waals surface area contributed by atoms with Crippen LogP contribution < -0.4 is 5.32 Å². The van der Waals surface area contributed by atoms with Gasteiger partial charge in [-0.1, -0.05) is 36.7 Å².